The molecule has 1 atom stereocenters. The van der Waals surface area contributed by atoms with Crippen LogP contribution in [0.25, 0.3) is 0 Å². The van der Waals surface area contributed by atoms with Gasteiger partial charge in [0, 0.05) is 19.2 Å². The van der Waals surface area contributed by atoms with Crippen molar-refractivity contribution in [1.82, 2.24) is 4.31 Å². The van der Waals surface area contributed by atoms with Gasteiger partial charge in [-0.25, -0.2) is 8.42 Å². The Morgan fingerprint density at radius 1 is 1.04 bits per heavy atom. The summed E-state index contributed by atoms with van der Waals surface area (Å²) in [6, 6.07) is 12.7. The molecule has 24 heavy (non-hydrogen) atoms. The van der Waals surface area contributed by atoms with Crippen LogP contribution >= 0.6 is 0 Å². The average molecular weight is 347 g/mol. The summed E-state index contributed by atoms with van der Waals surface area (Å²) in [5.74, 6) is 1.07. The third-order valence-electron chi connectivity index (χ3n) is 4.40. The van der Waals surface area contributed by atoms with Crippen LogP contribution in [-0.4, -0.2) is 33.5 Å². The summed E-state index contributed by atoms with van der Waals surface area (Å²) in [6.07, 6.45) is 0. The topological polar surface area (TPSA) is 55.8 Å². The van der Waals surface area contributed by atoms with Crippen LogP contribution in [0.1, 0.15) is 24.0 Å². The smallest absolute Gasteiger partial charge is 0.243 e. The monoisotopic (exact) mass is 347 g/mol. The predicted octanol–water partition coefficient (Wildman–Crippen LogP) is 3.01. The number of hydrogen-bond acceptors (Lipinski definition) is 4. The van der Waals surface area contributed by atoms with E-state index in [2.05, 4.69) is 13.0 Å². The van der Waals surface area contributed by atoms with E-state index in [1.807, 2.05) is 18.2 Å². The summed E-state index contributed by atoms with van der Waals surface area (Å²) < 4.78 is 38.0. The highest BCUT2D eigenvalue weighted by Crippen LogP contribution is 2.34. The summed E-state index contributed by atoms with van der Waals surface area (Å²) in [4.78, 5) is 0.215. The lowest BCUT2D eigenvalue weighted by molar-refractivity contribution is 0.351. The van der Waals surface area contributed by atoms with Crippen molar-refractivity contribution in [3.63, 3.8) is 0 Å². The van der Waals surface area contributed by atoms with Crippen LogP contribution in [-0.2, 0) is 16.6 Å². The van der Waals surface area contributed by atoms with Crippen LogP contribution in [0, 0.1) is 0 Å². The summed E-state index contributed by atoms with van der Waals surface area (Å²) in [5.41, 5.74) is 2.27. The number of benzene rings is 2. The van der Waals surface area contributed by atoms with Crippen LogP contribution in [0.2, 0.25) is 0 Å². The van der Waals surface area contributed by atoms with Crippen LogP contribution in [0.5, 0.6) is 11.5 Å². The molecule has 0 bridgehead atoms. The first kappa shape index (κ1) is 16.8. The van der Waals surface area contributed by atoms with Gasteiger partial charge in [-0.2, -0.15) is 4.31 Å². The Balaban J connectivity index is 1.97. The molecule has 1 aliphatic rings. The van der Waals surface area contributed by atoms with Gasteiger partial charge in [-0.1, -0.05) is 31.2 Å². The molecular formula is C18H21NO4S. The minimum absolute atomic E-state index is 0.157. The number of methoxy groups -OCH3 is 2. The van der Waals surface area contributed by atoms with Crippen LogP contribution in [0.3, 0.4) is 0 Å². The first-order valence-corrected chi connectivity index (χ1v) is 9.21. The zero-order valence-electron chi connectivity index (χ0n) is 14.0. The second-order valence-corrected chi connectivity index (χ2v) is 7.85. The van der Waals surface area contributed by atoms with Crippen molar-refractivity contribution in [3.05, 3.63) is 53.6 Å². The highest BCUT2D eigenvalue weighted by Gasteiger charge is 2.31. The zero-order chi connectivity index (χ0) is 17.3. The third kappa shape index (κ3) is 2.87. The number of fused-ring (bicyclic) bond motifs is 1. The van der Waals surface area contributed by atoms with Crippen LogP contribution in [0.4, 0.5) is 0 Å². The third-order valence-corrected chi connectivity index (χ3v) is 6.21. The number of sulfonamides is 1. The van der Waals surface area contributed by atoms with Crippen molar-refractivity contribution >= 4 is 10.0 Å². The summed E-state index contributed by atoms with van der Waals surface area (Å²) in [5, 5.41) is 0. The molecule has 128 valence electrons. The first-order valence-electron chi connectivity index (χ1n) is 7.77. The highest BCUT2D eigenvalue weighted by atomic mass is 32.2. The Kier molecular flexibility index (Phi) is 4.51. The maximum absolute atomic E-state index is 13.0. The molecule has 0 aromatic heterocycles. The lowest BCUT2D eigenvalue weighted by Crippen LogP contribution is -2.37. The molecule has 1 heterocycles. The first-order chi connectivity index (χ1) is 11.5. The van der Waals surface area contributed by atoms with E-state index in [-0.39, 0.29) is 10.8 Å². The Labute approximate surface area is 142 Å². The maximum Gasteiger partial charge on any atom is 0.243 e. The van der Waals surface area contributed by atoms with Crippen molar-refractivity contribution in [2.75, 3.05) is 20.8 Å². The van der Waals surface area contributed by atoms with Crippen molar-refractivity contribution in [2.24, 2.45) is 0 Å². The minimum atomic E-state index is -3.60. The predicted molar refractivity (Wildman–Crippen MR) is 92.0 cm³/mol. The van der Waals surface area contributed by atoms with Gasteiger partial charge in [-0.3, -0.25) is 0 Å². The van der Waals surface area contributed by atoms with Crippen molar-refractivity contribution in [1.29, 1.82) is 0 Å². The standard InChI is InChI=1S/C18H21NO4S/c1-13-11-19(12-14-6-4-5-7-16(13)14)24(20,21)15-8-9-17(22-2)18(10-15)23-3/h4-10,13H,11-12H2,1-3H3. The van der Waals surface area contributed by atoms with E-state index in [0.29, 0.717) is 24.6 Å². The Hall–Kier alpha value is -2.05. The fourth-order valence-electron chi connectivity index (χ4n) is 3.13. The molecule has 2 aromatic rings. The molecule has 1 aliphatic heterocycles. The van der Waals surface area contributed by atoms with Crippen LogP contribution < -0.4 is 9.47 Å². The van der Waals surface area contributed by atoms with Crippen molar-refractivity contribution in [3.8, 4) is 11.5 Å². The van der Waals surface area contributed by atoms with E-state index in [1.54, 1.807) is 12.1 Å². The summed E-state index contributed by atoms with van der Waals surface area (Å²) >= 11 is 0. The van der Waals surface area contributed by atoms with E-state index >= 15 is 0 Å². The van der Waals surface area contributed by atoms with Crippen molar-refractivity contribution < 1.29 is 17.9 Å². The molecule has 0 fully saturated rings. The van der Waals surface area contributed by atoms with Gasteiger partial charge in [-0.05, 0) is 29.2 Å². The van der Waals surface area contributed by atoms with Crippen molar-refractivity contribution in [2.45, 2.75) is 24.3 Å². The van der Waals surface area contributed by atoms with E-state index in [4.69, 9.17) is 9.47 Å². The molecular weight excluding hydrogens is 326 g/mol. The molecule has 0 N–H and O–H groups in total. The van der Waals surface area contributed by atoms with Gasteiger partial charge in [0.05, 0.1) is 19.1 Å². The quantitative estimate of drug-likeness (QED) is 0.853. The van der Waals surface area contributed by atoms with Gasteiger partial charge in [-0.15, -0.1) is 0 Å². The largest absolute Gasteiger partial charge is 0.493 e. The van der Waals surface area contributed by atoms with Gasteiger partial charge in [0.2, 0.25) is 10.0 Å². The van der Waals surface area contributed by atoms with Gasteiger partial charge >= 0.3 is 0 Å². The molecule has 1 unspecified atom stereocenters. The van der Waals surface area contributed by atoms with Gasteiger partial charge in [0.25, 0.3) is 0 Å². The number of ether oxygens (including phenoxy) is 2. The normalized spacial score (nSPS) is 18.0. The number of hydrogen-bond donors (Lipinski definition) is 0. The lowest BCUT2D eigenvalue weighted by Gasteiger charge is -2.32. The molecule has 0 saturated carbocycles. The molecule has 0 radical (unpaired) electrons. The van der Waals surface area contributed by atoms with Gasteiger partial charge < -0.3 is 9.47 Å². The average Bonchev–Trinajstić information content (AvgIpc) is 2.61. The summed E-state index contributed by atoms with van der Waals surface area (Å²) in [6.45, 7) is 2.90. The van der Waals surface area contributed by atoms with Gasteiger partial charge in [0.1, 0.15) is 0 Å². The minimum Gasteiger partial charge on any atom is -0.493 e. The Bertz CT molecular complexity index is 848. The highest BCUT2D eigenvalue weighted by molar-refractivity contribution is 7.89. The maximum atomic E-state index is 13.0. The number of nitrogens with zero attached hydrogens (tertiary/aromatic N) is 1. The Morgan fingerprint density at radius 2 is 1.75 bits per heavy atom. The second-order valence-electron chi connectivity index (χ2n) is 5.91. The zero-order valence-corrected chi connectivity index (χ0v) is 14.8. The van der Waals surface area contributed by atoms with E-state index in [9.17, 15) is 8.42 Å². The number of rotatable bonds is 4. The van der Waals surface area contributed by atoms with Crippen LogP contribution in [0.15, 0.2) is 47.4 Å². The molecule has 6 heteroatoms. The lowest BCUT2D eigenvalue weighted by atomic mass is 9.92. The van der Waals surface area contributed by atoms with E-state index in [1.165, 1.54) is 30.2 Å². The van der Waals surface area contributed by atoms with E-state index < -0.39 is 10.0 Å². The van der Waals surface area contributed by atoms with Gasteiger partial charge in [0.15, 0.2) is 11.5 Å². The second kappa shape index (κ2) is 6.45. The summed E-state index contributed by atoms with van der Waals surface area (Å²) in [7, 11) is -0.581. The molecule has 0 saturated heterocycles. The molecule has 5 nitrogen and oxygen atoms in total. The molecule has 0 spiro atoms. The fourth-order valence-corrected chi connectivity index (χ4v) is 4.65. The SMILES string of the molecule is COc1ccc(S(=O)(=O)N2Cc3ccccc3C(C)C2)cc1OC. The van der Waals surface area contributed by atoms with E-state index in [0.717, 1.165) is 5.56 Å². The Morgan fingerprint density at radius 3 is 2.46 bits per heavy atom. The molecule has 0 aliphatic carbocycles. The molecule has 3 rings (SSSR count). The fraction of sp³-hybridized carbons (Fsp3) is 0.333. The molecule has 0 amide bonds. The molecule has 2 aromatic carbocycles.